The van der Waals surface area contributed by atoms with Gasteiger partial charge in [-0.15, -0.1) is 0 Å². The fourth-order valence-corrected chi connectivity index (χ4v) is 3.21. The molecular weight excluding hydrogens is 570 g/mol. The van der Waals surface area contributed by atoms with Gasteiger partial charge in [-0.3, -0.25) is 4.90 Å². The number of rotatable bonds is 3. The molecule has 0 radical (unpaired) electrons. The second kappa shape index (κ2) is 16.6. The predicted molar refractivity (Wildman–Crippen MR) is 145 cm³/mol. The molecule has 28 heavy (non-hydrogen) atoms. The van der Waals surface area contributed by atoms with Gasteiger partial charge in [0.25, 0.3) is 0 Å². The van der Waals surface area contributed by atoms with Crippen LogP contribution in [-0.4, -0.2) is 43.0 Å². The van der Waals surface area contributed by atoms with Crippen LogP contribution in [0.5, 0.6) is 0 Å². The fourth-order valence-electron chi connectivity index (χ4n) is 3.21. The molecule has 0 aromatic heterocycles. The second-order valence-corrected chi connectivity index (χ2v) is 6.53. The zero-order chi connectivity index (χ0) is 21.5. The highest BCUT2D eigenvalue weighted by Gasteiger charge is 2.15. The van der Waals surface area contributed by atoms with Gasteiger partial charge >= 0.3 is 0 Å². The van der Waals surface area contributed by atoms with Crippen molar-refractivity contribution in [2.45, 2.75) is 48.1 Å². The van der Waals surface area contributed by atoms with Crippen molar-refractivity contribution in [3.63, 3.8) is 0 Å². The minimum absolute atomic E-state index is 1.06. The maximum Gasteiger partial charge on any atom is 0.0235 e. The number of hydrogen-bond acceptors (Lipinski definition) is 2. The summed E-state index contributed by atoms with van der Waals surface area (Å²) >= 11 is 4.24. The molecule has 158 valence electrons. The van der Waals surface area contributed by atoms with Crippen molar-refractivity contribution in [1.29, 1.82) is 0 Å². The standard InChI is InChI=1S/C20H26N2.2C2H6.I2/c1-16-13-18(15-22-11-9-21(3)10-12-22)14-20(17(16)2)19-7-5-4-6-8-19;3*1-2/h4-8,13-14H,9-12,15H2,1-3H3;2*1-2H3;. The Balaban J connectivity index is 0.00000111. The Bertz CT molecular complexity index is 637. The summed E-state index contributed by atoms with van der Waals surface area (Å²) in [6, 6.07) is 15.5. The zero-order valence-electron chi connectivity index (χ0n) is 18.7. The minimum atomic E-state index is 1.06. The van der Waals surface area contributed by atoms with E-state index in [0.29, 0.717) is 0 Å². The zero-order valence-corrected chi connectivity index (χ0v) is 23.0. The van der Waals surface area contributed by atoms with Gasteiger partial charge in [0.1, 0.15) is 0 Å². The number of likely N-dealkylation sites (N-methyl/N-ethyl adjacent to an activating group) is 1. The van der Waals surface area contributed by atoms with Crippen LogP contribution in [0.15, 0.2) is 42.5 Å². The van der Waals surface area contributed by atoms with Crippen LogP contribution in [0, 0.1) is 13.8 Å². The topological polar surface area (TPSA) is 6.48 Å². The van der Waals surface area contributed by atoms with Crippen LogP contribution in [0.25, 0.3) is 11.1 Å². The molecule has 1 heterocycles. The molecule has 0 amide bonds. The van der Waals surface area contributed by atoms with Gasteiger partial charge in [0.05, 0.1) is 0 Å². The fraction of sp³-hybridized carbons (Fsp3) is 0.500. The third kappa shape index (κ3) is 9.09. The minimum Gasteiger partial charge on any atom is -0.304 e. The highest BCUT2D eigenvalue weighted by molar-refractivity contribution is 15.0. The van der Waals surface area contributed by atoms with E-state index in [1.54, 1.807) is 0 Å². The first-order chi connectivity index (χ1) is 13.6. The van der Waals surface area contributed by atoms with Crippen LogP contribution in [-0.2, 0) is 6.54 Å². The highest BCUT2D eigenvalue weighted by Crippen LogP contribution is 2.27. The largest absolute Gasteiger partial charge is 0.304 e. The number of nitrogens with zero attached hydrogens (tertiary/aromatic N) is 2. The third-order valence-corrected chi connectivity index (χ3v) is 4.81. The second-order valence-electron chi connectivity index (χ2n) is 6.53. The number of piperazine rings is 1. The van der Waals surface area contributed by atoms with E-state index in [9.17, 15) is 0 Å². The maximum atomic E-state index is 2.57. The summed E-state index contributed by atoms with van der Waals surface area (Å²) < 4.78 is 0. The lowest BCUT2D eigenvalue weighted by molar-refractivity contribution is 0.148. The SMILES string of the molecule is CC.CC.Cc1cc(CN2CCN(C)CC2)cc(-c2ccccc2)c1C.II. The monoisotopic (exact) mass is 608 g/mol. The van der Waals surface area contributed by atoms with E-state index in [2.05, 4.69) is 110 Å². The molecule has 2 aromatic carbocycles. The van der Waals surface area contributed by atoms with Crippen molar-refractivity contribution in [1.82, 2.24) is 9.80 Å². The van der Waals surface area contributed by atoms with Crippen molar-refractivity contribution < 1.29 is 0 Å². The number of halogens is 2. The summed E-state index contributed by atoms with van der Waals surface area (Å²) in [5, 5.41) is 0. The molecule has 0 saturated carbocycles. The van der Waals surface area contributed by atoms with Crippen molar-refractivity contribution >= 4 is 37.2 Å². The Kier molecular flexibility index (Phi) is 16.5. The van der Waals surface area contributed by atoms with Crippen LogP contribution in [0.2, 0.25) is 0 Å². The molecule has 0 unspecified atom stereocenters. The van der Waals surface area contributed by atoms with Gasteiger partial charge < -0.3 is 4.90 Å². The van der Waals surface area contributed by atoms with Gasteiger partial charge in [-0.05, 0) is 54.8 Å². The van der Waals surface area contributed by atoms with Crippen molar-refractivity contribution in [2.24, 2.45) is 0 Å². The van der Waals surface area contributed by atoms with E-state index in [1.807, 2.05) is 27.7 Å². The first-order valence-electron chi connectivity index (χ1n) is 10.3. The van der Waals surface area contributed by atoms with Gasteiger partial charge in [0.2, 0.25) is 0 Å². The summed E-state index contributed by atoms with van der Waals surface area (Å²) in [5.74, 6) is 0. The predicted octanol–water partition coefficient (Wildman–Crippen LogP) is 7.54. The van der Waals surface area contributed by atoms with Gasteiger partial charge in [-0.2, -0.15) is 0 Å². The lowest BCUT2D eigenvalue weighted by Crippen LogP contribution is -2.43. The normalized spacial score (nSPS) is 13.9. The lowest BCUT2D eigenvalue weighted by atomic mass is 9.94. The van der Waals surface area contributed by atoms with E-state index in [-0.39, 0.29) is 0 Å². The van der Waals surface area contributed by atoms with Crippen LogP contribution < -0.4 is 0 Å². The van der Waals surface area contributed by atoms with Crippen molar-refractivity contribution in [3.8, 4) is 11.1 Å². The Morgan fingerprint density at radius 2 is 1.36 bits per heavy atom. The molecule has 1 saturated heterocycles. The summed E-state index contributed by atoms with van der Waals surface area (Å²) in [6.45, 7) is 18.2. The van der Waals surface area contributed by atoms with Crippen LogP contribution in [0.4, 0.5) is 0 Å². The van der Waals surface area contributed by atoms with Crippen LogP contribution in [0.3, 0.4) is 0 Å². The van der Waals surface area contributed by atoms with Crippen LogP contribution in [0.1, 0.15) is 44.4 Å². The number of aryl methyl sites for hydroxylation is 1. The van der Waals surface area contributed by atoms with Gasteiger partial charge in [0.15, 0.2) is 0 Å². The molecule has 0 spiro atoms. The molecule has 0 N–H and O–H groups in total. The average Bonchev–Trinajstić information content (AvgIpc) is 2.77. The molecule has 3 rings (SSSR count). The van der Waals surface area contributed by atoms with Crippen LogP contribution >= 0.6 is 37.2 Å². The van der Waals surface area contributed by atoms with Gasteiger partial charge in [0, 0.05) is 70.0 Å². The van der Waals surface area contributed by atoms with E-state index < -0.39 is 0 Å². The molecule has 1 aliphatic rings. The molecular formula is C24H38I2N2. The molecule has 1 aliphatic heterocycles. The Hall–Kier alpha value is -0.180. The molecule has 2 nitrogen and oxygen atoms in total. The van der Waals surface area contributed by atoms with Gasteiger partial charge in [-0.1, -0.05) is 64.1 Å². The molecule has 2 aromatic rings. The van der Waals surface area contributed by atoms with Crippen molar-refractivity contribution in [3.05, 3.63) is 59.2 Å². The Labute approximate surface area is 197 Å². The first-order valence-corrected chi connectivity index (χ1v) is 16.6. The average molecular weight is 608 g/mol. The summed E-state index contributed by atoms with van der Waals surface area (Å²) in [4.78, 5) is 4.98. The molecule has 0 atom stereocenters. The Morgan fingerprint density at radius 1 is 0.821 bits per heavy atom. The van der Waals surface area contributed by atoms with E-state index in [4.69, 9.17) is 0 Å². The quantitative estimate of drug-likeness (QED) is 0.333. The highest BCUT2D eigenvalue weighted by atomic mass is 128. The summed E-state index contributed by atoms with van der Waals surface area (Å²) in [7, 11) is 2.21. The van der Waals surface area contributed by atoms with E-state index >= 15 is 0 Å². The number of benzene rings is 2. The van der Waals surface area contributed by atoms with Gasteiger partial charge in [-0.25, -0.2) is 0 Å². The smallest absolute Gasteiger partial charge is 0.0235 e. The number of hydrogen-bond donors (Lipinski definition) is 0. The maximum absolute atomic E-state index is 2.57. The molecule has 4 heteroatoms. The summed E-state index contributed by atoms with van der Waals surface area (Å²) in [6.07, 6.45) is 0. The van der Waals surface area contributed by atoms with E-state index in [1.165, 1.54) is 54.0 Å². The van der Waals surface area contributed by atoms with Crippen molar-refractivity contribution in [2.75, 3.05) is 33.2 Å². The summed E-state index contributed by atoms with van der Waals surface area (Å²) in [5.41, 5.74) is 6.93. The first kappa shape index (κ1) is 27.8. The molecule has 1 fully saturated rings. The molecule has 0 bridgehead atoms. The third-order valence-electron chi connectivity index (χ3n) is 4.81. The van der Waals surface area contributed by atoms with E-state index in [0.717, 1.165) is 6.54 Å². The lowest BCUT2D eigenvalue weighted by Gasteiger charge is -2.32. The Morgan fingerprint density at radius 3 is 1.89 bits per heavy atom. The molecule has 0 aliphatic carbocycles.